The van der Waals surface area contributed by atoms with Crippen molar-refractivity contribution in [2.45, 2.75) is 19.4 Å². The molecule has 0 spiro atoms. The molecule has 1 atom stereocenters. The summed E-state index contributed by atoms with van der Waals surface area (Å²) < 4.78 is 11.0. The normalized spacial score (nSPS) is 12.1. The molecular weight excluding hydrogens is 290 g/mol. The van der Waals surface area contributed by atoms with E-state index in [1.54, 1.807) is 7.11 Å². The first-order chi connectivity index (χ1) is 11.2. The number of hydrogen-bond acceptors (Lipinski definition) is 3. The molecule has 1 N–H and O–H groups in total. The number of para-hydroxylation sites is 1. The number of benzene rings is 2. The van der Waals surface area contributed by atoms with Crippen LogP contribution in [0.15, 0.2) is 59.0 Å². The number of furan rings is 1. The second-order valence-corrected chi connectivity index (χ2v) is 5.50. The molecule has 0 radical (unpaired) electrons. The molecule has 4 nitrogen and oxygen atoms in total. The van der Waals surface area contributed by atoms with E-state index in [1.807, 2.05) is 61.5 Å². The first-order valence-corrected chi connectivity index (χ1v) is 7.56. The molecule has 0 unspecified atom stereocenters. The summed E-state index contributed by atoms with van der Waals surface area (Å²) in [7, 11) is 1.61. The average Bonchev–Trinajstić information content (AvgIpc) is 2.99. The zero-order valence-electron chi connectivity index (χ0n) is 13.2. The predicted octanol–water partition coefficient (Wildman–Crippen LogP) is 3.86. The lowest BCUT2D eigenvalue weighted by Gasteiger charge is -2.11. The van der Waals surface area contributed by atoms with Gasteiger partial charge in [0.2, 0.25) is 5.91 Å². The van der Waals surface area contributed by atoms with Crippen LogP contribution in [0.25, 0.3) is 11.0 Å². The van der Waals surface area contributed by atoms with E-state index in [0.717, 1.165) is 28.0 Å². The molecule has 1 amide bonds. The van der Waals surface area contributed by atoms with Gasteiger partial charge in [-0.1, -0.05) is 30.3 Å². The van der Waals surface area contributed by atoms with Crippen LogP contribution in [0.2, 0.25) is 0 Å². The lowest BCUT2D eigenvalue weighted by atomic mass is 10.1. The van der Waals surface area contributed by atoms with Gasteiger partial charge in [0.05, 0.1) is 19.6 Å². The SMILES string of the molecule is COc1cccc(CC(=O)N[C@@H](C)c2cc3ccccc3o2)c1. The molecule has 118 valence electrons. The van der Waals surface area contributed by atoms with E-state index in [9.17, 15) is 4.79 Å². The Morgan fingerprint density at radius 3 is 2.78 bits per heavy atom. The van der Waals surface area contributed by atoms with Gasteiger partial charge in [-0.25, -0.2) is 0 Å². The van der Waals surface area contributed by atoms with Crippen LogP contribution in [0.5, 0.6) is 5.75 Å². The lowest BCUT2D eigenvalue weighted by Crippen LogP contribution is -2.27. The summed E-state index contributed by atoms with van der Waals surface area (Å²) in [6, 6.07) is 17.1. The van der Waals surface area contributed by atoms with Crippen molar-refractivity contribution in [2.75, 3.05) is 7.11 Å². The van der Waals surface area contributed by atoms with Crippen molar-refractivity contribution in [3.63, 3.8) is 0 Å². The van der Waals surface area contributed by atoms with Gasteiger partial charge in [0.25, 0.3) is 0 Å². The van der Waals surface area contributed by atoms with Crippen LogP contribution in [-0.2, 0) is 11.2 Å². The predicted molar refractivity (Wildman–Crippen MR) is 89.5 cm³/mol. The van der Waals surface area contributed by atoms with E-state index in [0.29, 0.717) is 6.42 Å². The maximum atomic E-state index is 12.2. The van der Waals surface area contributed by atoms with Crippen molar-refractivity contribution in [2.24, 2.45) is 0 Å². The molecule has 1 aromatic heterocycles. The summed E-state index contributed by atoms with van der Waals surface area (Å²) in [4.78, 5) is 12.2. The van der Waals surface area contributed by atoms with Gasteiger partial charge in [-0.3, -0.25) is 4.79 Å². The molecule has 3 rings (SSSR count). The molecule has 23 heavy (non-hydrogen) atoms. The van der Waals surface area contributed by atoms with E-state index in [1.165, 1.54) is 0 Å². The third-order valence-corrected chi connectivity index (χ3v) is 3.75. The monoisotopic (exact) mass is 309 g/mol. The zero-order chi connectivity index (χ0) is 16.2. The molecule has 0 saturated carbocycles. The second-order valence-electron chi connectivity index (χ2n) is 5.50. The highest BCUT2D eigenvalue weighted by molar-refractivity contribution is 5.80. The standard InChI is InChI=1S/C19H19NO3/c1-13(18-12-15-7-3-4-9-17(15)23-18)20-19(21)11-14-6-5-8-16(10-14)22-2/h3-10,12-13H,11H2,1-2H3,(H,20,21)/t13-/m0/s1. The van der Waals surface area contributed by atoms with Gasteiger partial charge in [-0.2, -0.15) is 0 Å². The van der Waals surface area contributed by atoms with Gasteiger partial charge in [-0.15, -0.1) is 0 Å². The van der Waals surface area contributed by atoms with Crippen molar-refractivity contribution in [3.05, 3.63) is 65.9 Å². The Labute approximate surface area is 135 Å². The number of methoxy groups -OCH3 is 1. The minimum absolute atomic E-state index is 0.0498. The summed E-state index contributed by atoms with van der Waals surface area (Å²) >= 11 is 0. The number of carbonyl (C=O) groups excluding carboxylic acids is 1. The third kappa shape index (κ3) is 3.54. The number of hydrogen-bond donors (Lipinski definition) is 1. The molecule has 0 aliphatic carbocycles. The van der Waals surface area contributed by atoms with Gasteiger partial charge < -0.3 is 14.5 Å². The maximum Gasteiger partial charge on any atom is 0.225 e. The molecule has 2 aromatic carbocycles. The highest BCUT2D eigenvalue weighted by Crippen LogP contribution is 2.23. The molecule has 3 aromatic rings. The van der Waals surface area contributed by atoms with E-state index >= 15 is 0 Å². The van der Waals surface area contributed by atoms with E-state index < -0.39 is 0 Å². The molecule has 0 saturated heterocycles. The first kappa shape index (κ1) is 15.2. The molecule has 0 fully saturated rings. The Kier molecular flexibility index (Phi) is 4.33. The molecule has 0 aliphatic rings. The van der Waals surface area contributed by atoms with Crippen molar-refractivity contribution in [3.8, 4) is 5.75 Å². The Morgan fingerprint density at radius 1 is 1.17 bits per heavy atom. The number of nitrogens with one attached hydrogen (secondary N) is 1. The van der Waals surface area contributed by atoms with Crippen LogP contribution in [0.4, 0.5) is 0 Å². The maximum absolute atomic E-state index is 12.2. The summed E-state index contributed by atoms with van der Waals surface area (Å²) in [6.45, 7) is 1.92. The Balaban J connectivity index is 1.66. The number of amides is 1. The van der Waals surface area contributed by atoms with Crippen LogP contribution in [-0.4, -0.2) is 13.0 Å². The number of ether oxygens (including phenoxy) is 1. The van der Waals surface area contributed by atoms with Crippen molar-refractivity contribution in [1.29, 1.82) is 0 Å². The topological polar surface area (TPSA) is 51.5 Å². The van der Waals surface area contributed by atoms with E-state index in [-0.39, 0.29) is 11.9 Å². The summed E-state index contributed by atoms with van der Waals surface area (Å²) in [5.74, 6) is 1.46. The Bertz CT molecular complexity index is 789. The first-order valence-electron chi connectivity index (χ1n) is 7.56. The quantitative estimate of drug-likeness (QED) is 0.778. The van der Waals surface area contributed by atoms with Crippen LogP contribution < -0.4 is 10.1 Å². The van der Waals surface area contributed by atoms with Gasteiger partial charge in [0.1, 0.15) is 17.1 Å². The van der Waals surface area contributed by atoms with E-state index in [4.69, 9.17) is 9.15 Å². The minimum atomic E-state index is -0.180. The van der Waals surface area contributed by atoms with Crippen LogP contribution >= 0.6 is 0 Å². The third-order valence-electron chi connectivity index (χ3n) is 3.75. The highest BCUT2D eigenvalue weighted by atomic mass is 16.5. The molecular formula is C19H19NO3. The Hall–Kier alpha value is -2.75. The van der Waals surface area contributed by atoms with E-state index in [2.05, 4.69) is 5.32 Å². The van der Waals surface area contributed by atoms with Crippen molar-refractivity contribution in [1.82, 2.24) is 5.32 Å². The van der Waals surface area contributed by atoms with Crippen molar-refractivity contribution < 1.29 is 13.9 Å². The Morgan fingerprint density at radius 2 is 2.00 bits per heavy atom. The molecule has 0 bridgehead atoms. The number of carbonyl (C=O) groups is 1. The fourth-order valence-electron chi connectivity index (χ4n) is 2.55. The second kappa shape index (κ2) is 6.57. The van der Waals surface area contributed by atoms with Gasteiger partial charge in [0.15, 0.2) is 0 Å². The minimum Gasteiger partial charge on any atom is -0.497 e. The smallest absolute Gasteiger partial charge is 0.225 e. The molecule has 0 aliphatic heterocycles. The molecule has 1 heterocycles. The summed E-state index contributed by atoms with van der Waals surface area (Å²) in [5, 5.41) is 4.01. The van der Waals surface area contributed by atoms with Crippen LogP contribution in [0.1, 0.15) is 24.3 Å². The zero-order valence-corrected chi connectivity index (χ0v) is 13.2. The summed E-state index contributed by atoms with van der Waals surface area (Å²) in [6.07, 6.45) is 0.307. The number of fused-ring (bicyclic) bond motifs is 1. The van der Waals surface area contributed by atoms with Crippen molar-refractivity contribution >= 4 is 16.9 Å². The average molecular weight is 309 g/mol. The highest BCUT2D eigenvalue weighted by Gasteiger charge is 2.14. The molecule has 4 heteroatoms. The van der Waals surface area contributed by atoms with Gasteiger partial charge >= 0.3 is 0 Å². The largest absolute Gasteiger partial charge is 0.497 e. The summed E-state index contributed by atoms with van der Waals surface area (Å²) in [5.41, 5.74) is 1.75. The fraction of sp³-hybridized carbons (Fsp3) is 0.211. The van der Waals surface area contributed by atoms with Crippen LogP contribution in [0.3, 0.4) is 0 Å². The fourth-order valence-corrected chi connectivity index (χ4v) is 2.55. The van der Waals surface area contributed by atoms with Gasteiger partial charge in [-0.05, 0) is 36.8 Å². The lowest BCUT2D eigenvalue weighted by molar-refractivity contribution is -0.121. The van der Waals surface area contributed by atoms with Gasteiger partial charge in [0, 0.05) is 5.39 Å². The number of rotatable bonds is 5. The van der Waals surface area contributed by atoms with Crippen LogP contribution in [0, 0.1) is 0 Å².